The second-order valence-corrected chi connectivity index (χ2v) is 5.70. The number of nitrogens with zero attached hydrogens (tertiary/aromatic N) is 2. The minimum atomic E-state index is 0.526. The maximum Gasteiger partial charge on any atom is 0.0513 e. The third kappa shape index (κ3) is 2.18. The molecule has 0 bridgehead atoms. The Balaban J connectivity index is 1.90. The van der Waals surface area contributed by atoms with Gasteiger partial charge < -0.3 is 10.2 Å². The highest BCUT2D eigenvalue weighted by Crippen LogP contribution is 2.31. The molecule has 18 heavy (non-hydrogen) atoms. The molecule has 0 spiro atoms. The molecule has 98 valence electrons. The van der Waals surface area contributed by atoms with E-state index in [9.17, 15) is 0 Å². The van der Waals surface area contributed by atoms with Gasteiger partial charge >= 0.3 is 0 Å². The van der Waals surface area contributed by atoms with Crippen molar-refractivity contribution >= 4 is 0 Å². The minimum absolute atomic E-state index is 0.526. The van der Waals surface area contributed by atoms with Gasteiger partial charge in [-0.15, -0.1) is 0 Å². The van der Waals surface area contributed by atoms with Gasteiger partial charge in [0.1, 0.15) is 0 Å². The van der Waals surface area contributed by atoms with E-state index in [1.165, 1.54) is 24.1 Å². The zero-order valence-electron chi connectivity index (χ0n) is 11.4. The molecule has 0 aliphatic carbocycles. The maximum absolute atomic E-state index is 3.71. The van der Waals surface area contributed by atoms with Gasteiger partial charge in [-0.2, -0.15) is 0 Å². The molecule has 1 N–H and O–H groups in total. The molecule has 1 aromatic carbocycles. The molecule has 2 unspecified atom stereocenters. The number of likely N-dealkylation sites (N-methyl/N-ethyl adjacent to an activating group) is 2. The Bertz CT molecular complexity index is 418. The largest absolute Gasteiger partial charge is 0.310 e. The molecule has 1 saturated heterocycles. The molecule has 2 aliphatic rings. The summed E-state index contributed by atoms with van der Waals surface area (Å²) in [4.78, 5) is 4.95. The Labute approximate surface area is 110 Å². The van der Waals surface area contributed by atoms with E-state index in [1.807, 2.05) is 0 Å². The summed E-state index contributed by atoms with van der Waals surface area (Å²) < 4.78 is 0. The van der Waals surface area contributed by atoms with E-state index in [0.717, 1.165) is 19.6 Å². The molecule has 1 fully saturated rings. The van der Waals surface area contributed by atoms with Crippen molar-refractivity contribution in [2.45, 2.75) is 18.5 Å². The lowest BCUT2D eigenvalue weighted by Gasteiger charge is -2.43. The Morgan fingerprint density at radius 2 is 2.00 bits per heavy atom. The normalized spacial score (nSPS) is 30.1. The van der Waals surface area contributed by atoms with Gasteiger partial charge in [0, 0.05) is 32.2 Å². The van der Waals surface area contributed by atoms with E-state index in [-0.39, 0.29) is 0 Å². The van der Waals surface area contributed by atoms with Crippen molar-refractivity contribution in [3.05, 3.63) is 35.4 Å². The van der Waals surface area contributed by atoms with Crippen molar-refractivity contribution in [3.63, 3.8) is 0 Å². The second-order valence-electron chi connectivity index (χ2n) is 5.70. The predicted molar refractivity (Wildman–Crippen MR) is 74.8 cm³/mol. The first-order valence-electron chi connectivity index (χ1n) is 6.95. The van der Waals surface area contributed by atoms with Crippen LogP contribution >= 0.6 is 0 Å². The van der Waals surface area contributed by atoms with Crippen LogP contribution in [-0.2, 0) is 6.42 Å². The summed E-state index contributed by atoms with van der Waals surface area (Å²) >= 11 is 0. The Kier molecular flexibility index (Phi) is 3.37. The number of piperazine rings is 1. The number of nitrogens with one attached hydrogen (secondary N) is 1. The van der Waals surface area contributed by atoms with Crippen LogP contribution < -0.4 is 5.32 Å². The highest BCUT2D eigenvalue weighted by atomic mass is 15.2. The van der Waals surface area contributed by atoms with Crippen molar-refractivity contribution in [1.82, 2.24) is 15.1 Å². The molecule has 2 aliphatic heterocycles. The first-order valence-corrected chi connectivity index (χ1v) is 6.95. The summed E-state index contributed by atoms with van der Waals surface area (Å²) in [6, 6.07) is 10.0. The zero-order valence-corrected chi connectivity index (χ0v) is 11.4. The van der Waals surface area contributed by atoms with Gasteiger partial charge in [0.05, 0.1) is 6.04 Å². The summed E-state index contributed by atoms with van der Waals surface area (Å²) in [5, 5.41) is 3.71. The number of fused-ring (bicyclic) bond motifs is 1. The average molecular weight is 245 g/mol. The van der Waals surface area contributed by atoms with Crippen molar-refractivity contribution < 1.29 is 0 Å². The highest BCUT2D eigenvalue weighted by molar-refractivity contribution is 5.33. The number of rotatable bonds is 1. The Morgan fingerprint density at radius 1 is 1.17 bits per heavy atom. The predicted octanol–water partition coefficient (Wildman–Crippen LogP) is 1.12. The van der Waals surface area contributed by atoms with E-state index in [2.05, 4.69) is 53.5 Å². The third-order valence-corrected chi connectivity index (χ3v) is 4.37. The second kappa shape index (κ2) is 5.00. The molecule has 0 radical (unpaired) electrons. The lowest BCUT2D eigenvalue weighted by molar-refractivity contribution is 0.129. The zero-order chi connectivity index (χ0) is 12.5. The standard InChI is InChI=1S/C15H23N3/c1-17-10-8-16-14(11-17)15-13-6-4-3-5-12(13)7-9-18(15)2/h3-6,14-16H,7-11H2,1-2H3. The SMILES string of the molecule is CN1CCNC(C2c3ccccc3CCN2C)C1. The summed E-state index contributed by atoms with van der Waals surface area (Å²) in [6.45, 7) is 4.58. The first-order chi connectivity index (χ1) is 8.75. The van der Waals surface area contributed by atoms with E-state index < -0.39 is 0 Å². The van der Waals surface area contributed by atoms with Crippen LogP contribution in [0.15, 0.2) is 24.3 Å². The van der Waals surface area contributed by atoms with Crippen LogP contribution in [0.4, 0.5) is 0 Å². The average Bonchev–Trinajstić information content (AvgIpc) is 2.38. The Morgan fingerprint density at radius 3 is 2.83 bits per heavy atom. The molecule has 2 atom stereocenters. The van der Waals surface area contributed by atoms with Gasteiger partial charge in [-0.1, -0.05) is 24.3 Å². The minimum Gasteiger partial charge on any atom is -0.310 e. The van der Waals surface area contributed by atoms with Crippen molar-refractivity contribution in [3.8, 4) is 0 Å². The Hall–Kier alpha value is -0.900. The van der Waals surface area contributed by atoms with Crippen LogP contribution in [-0.4, -0.2) is 56.1 Å². The number of benzene rings is 1. The van der Waals surface area contributed by atoms with E-state index >= 15 is 0 Å². The maximum atomic E-state index is 3.71. The van der Waals surface area contributed by atoms with Crippen molar-refractivity contribution in [2.75, 3.05) is 40.3 Å². The van der Waals surface area contributed by atoms with Gasteiger partial charge in [-0.25, -0.2) is 0 Å². The molecule has 0 aromatic heterocycles. The monoisotopic (exact) mass is 245 g/mol. The molecule has 3 nitrogen and oxygen atoms in total. The van der Waals surface area contributed by atoms with Crippen LogP contribution in [0.25, 0.3) is 0 Å². The van der Waals surface area contributed by atoms with Gasteiger partial charge in [-0.05, 0) is 31.6 Å². The fourth-order valence-electron chi connectivity index (χ4n) is 3.39. The number of hydrogen-bond acceptors (Lipinski definition) is 3. The molecule has 3 heteroatoms. The first kappa shape index (κ1) is 12.2. The van der Waals surface area contributed by atoms with E-state index in [0.29, 0.717) is 12.1 Å². The fourth-order valence-corrected chi connectivity index (χ4v) is 3.39. The molecule has 0 saturated carbocycles. The van der Waals surface area contributed by atoms with Crippen LogP contribution in [0, 0.1) is 0 Å². The lowest BCUT2D eigenvalue weighted by Crippen LogP contribution is -2.55. The topological polar surface area (TPSA) is 18.5 Å². The summed E-state index contributed by atoms with van der Waals surface area (Å²) in [5.41, 5.74) is 3.06. The van der Waals surface area contributed by atoms with Crippen LogP contribution in [0.5, 0.6) is 0 Å². The van der Waals surface area contributed by atoms with Gasteiger partial charge in [0.2, 0.25) is 0 Å². The lowest BCUT2D eigenvalue weighted by atomic mass is 9.88. The van der Waals surface area contributed by atoms with Crippen LogP contribution in [0.2, 0.25) is 0 Å². The molecular weight excluding hydrogens is 222 g/mol. The molecule has 1 aromatic rings. The molecule has 0 amide bonds. The number of hydrogen-bond donors (Lipinski definition) is 1. The smallest absolute Gasteiger partial charge is 0.0513 e. The summed E-state index contributed by atoms with van der Waals surface area (Å²) in [7, 11) is 4.49. The van der Waals surface area contributed by atoms with E-state index in [1.54, 1.807) is 0 Å². The third-order valence-electron chi connectivity index (χ3n) is 4.37. The van der Waals surface area contributed by atoms with Gasteiger partial charge in [-0.3, -0.25) is 4.90 Å². The molecule has 2 heterocycles. The summed E-state index contributed by atoms with van der Waals surface area (Å²) in [5.74, 6) is 0. The van der Waals surface area contributed by atoms with Gasteiger partial charge in [0.15, 0.2) is 0 Å². The quantitative estimate of drug-likeness (QED) is 0.800. The van der Waals surface area contributed by atoms with Crippen molar-refractivity contribution in [2.24, 2.45) is 0 Å². The molecular formula is C15H23N3. The van der Waals surface area contributed by atoms with Crippen LogP contribution in [0.3, 0.4) is 0 Å². The highest BCUT2D eigenvalue weighted by Gasteiger charge is 2.33. The van der Waals surface area contributed by atoms with Crippen LogP contribution in [0.1, 0.15) is 17.2 Å². The van der Waals surface area contributed by atoms with Gasteiger partial charge in [0.25, 0.3) is 0 Å². The fraction of sp³-hybridized carbons (Fsp3) is 0.600. The summed E-state index contributed by atoms with van der Waals surface area (Å²) in [6.07, 6.45) is 1.19. The van der Waals surface area contributed by atoms with E-state index in [4.69, 9.17) is 0 Å². The van der Waals surface area contributed by atoms with Crippen molar-refractivity contribution in [1.29, 1.82) is 0 Å². The molecule has 3 rings (SSSR count).